The van der Waals surface area contributed by atoms with Gasteiger partial charge in [-0.3, -0.25) is 9.78 Å². The van der Waals surface area contributed by atoms with E-state index in [2.05, 4.69) is 25.0 Å². The molecule has 0 saturated carbocycles. The summed E-state index contributed by atoms with van der Waals surface area (Å²) in [7, 11) is 0. The maximum absolute atomic E-state index is 12.6. The maximum atomic E-state index is 12.6. The third-order valence-corrected chi connectivity index (χ3v) is 5.38. The lowest BCUT2D eigenvalue weighted by Gasteiger charge is -2.35. The molecule has 1 aromatic carbocycles. The van der Waals surface area contributed by atoms with Crippen LogP contribution in [0.4, 0.5) is 5.82 Å². The van der Waals surface area contributed by atoms with Gasteiger partial charge in [-0.15, -0.1) is 0 Å². The van der Waals surface area contributed by atoms with Crippen LogP contribution in [0.3, 0.4) is 0 Å². The number of nitrogens with zero attached hydrogens (tertiary/aromatic N) is 7. The molecule has 1 saturated heterocycles. The molecule has 0 N–H and O–H groups in total. The molecular weight excluding hydrogens is 402 g/mol. The SMILES string of the molecule is O=C(c1ccccn1)N1CCN(c2ncnc3c2cnn3-c2cccc(Cl)c2)CC1. The second kappa shape index (κ2) is 7.72. The molecule has 0 atom stereocenters. The molecule has 1 amide bonds. The van der Waals surface area contributed by atoms with Crippen LogP contribution in [0, 0.1) is 0 Å². The molecule has 30 heavy (non-hydrogen) atoms. The third kappa shape index (κ3) is 3.35. The van der Waals surface area contributed by atoms with Gasteiger partial charge < -0.3 is 9.80 Å². The Morgan fingerprint density at radius 2 is 1.83 bits per heavy atom. The van der Waals surface area contributed by atoms with Crippen molar-refractivity contribution in [3.63, 3.8) is 0 Å². The normalized spacial score (nSPS) is 14.3. The summed E-state index contributed by atoms with van der Waals surface area (Å²) in [5.74, 6) is 0.773. The van der Waals surface area contributed by atoms with Gasteiger partial charge in [0, 0.05) is 37.4 Å². The number of halogens is 1. The average molecular weight is 420 g/mol. The molecule has 8 nitrogen and oxygen atoms in total. The van der Waals surface area contributed by atoms with Crippen molar-refractivity contribution in [1.29, 1.82) is 0 Å². The Morgan fingerprint density at radius 1 is 0.967 bits per heavy atom. The Morgan fingerprint density at radius 3 is 2.60 bits per heavy atom. The number of carbonyl (C=O) groups is 1. The van der Waals surface area contributed by atoms with E-state index in [1.807, 2.05) is 35.2 Å². The number of amides is 1. The monoisotopic (exact) mass is 419 g/mol. The Bertz CT molecular complexity index is 1200. The molecule has 5 rings (SSSR count). The quantitative estimate of drug-likeness (QED) is 0.508. The van der Waals surface area contributed by atoms with Crippen LogP contribution in [0.25, 0.3) is 16.7 Å². The summed E-state index contributed by atoms with van der Waals surface area (Å²) < 4.78 is 1.76. The predicted octanol–water partition coefficient (Wildman–Crippen LogP) is 2.83. The number of aromatic nitrogens is 5. The zero-order valence-corrected chi connectivity index (χ0v) is 16.8. The van der Waals surface area contributed by atoms with E-state index in [1.165, 1.54) is 0 Å². The number of carbonyl (C=O) groups excluding carboxylic acids is 1. The van der Waals surface area contributed by atoms with Crippen molar-refractivity contribution in [3.05, 3.63) is 71.9 Å². The van der Waals surface area contributed by atoms with Crippen LogP contribution in [-0.2, 0) is 0 Å². The van der Waals surface area contributed by atoms with Gasteiger partial charge in [0.1, 0.15) is 17.8 Å². The largest absolute Gasteiger partial charge is 0.352 e. The first-order chi connectivity index (χ1) is 14.7. The molecule has 0 bridgehead atoms. The van der Waals surface area contributed by atoms with Crippen LogP contribution >= 0.6 is 11.6 Å². The highest BCUT2D eigenvalue weighted by Gasteiger charge is 2.25. The number of benzene rings is 1. The van der Waals surface area contributed by atoms with E-state index in [0.717, 1.165) is 16.9 Å². The molecule has 4 heterocycles. The van der Waals surface area contributed by atoms with Crippen LogP contribution in [0.15, 0.2) is 61.2 Å². The summed E-state index contributed by atoms with van der Waals surface area (Å²) >= 11 is 6.13. The van der Waals surface area contributed by atoms with Crippen LogP contribution in [0.2, 0.25) is 5.02 Å². The lowest BCUT2D eigenvalue weighted by atomic mass is 10.2. The van der Waals surface area contributed by atoms with E-state index < -0.39 is 0 Å². The van der Waals surface area contributed by atoms with E-state index in [-0.39, 0.29) is 5.91 Å². The van der Waals surface area contributed by atoms with Gasteiger partial charge in [0.05, 0.1) is 17.3 Å². The first-order valence-corrected chi connectivity index (χ1v) is 9.98. The van der Waals surface area contributed by atoms with Crippen molar-refractivity contribution in [2.75, 3.05) is 31.1 Å². The zero-order chi connectivity index (χ0) is 20.5. The van der Waals surface area contributed by atoms with Crippen LogP contribution < -0.4 is 4.90 Å². The maximum Gasteiger partial charge on any atom is 0.272 e. The fourth-order valence-corrected chi connectivity index (χ4v) is 3.84. The van der Waals surface area contributed by atoms with Crippen molar-refractivity contribution >= 4 is 34.4 Å². The van der Waals surface area contributed by atoms with E-state index in [1.54, 1.807) is 35.5 Å². The van der Waals surface area contributed by atoms with Crippen molar-refractivity contribution < 1.29 is 4.79 Å². The fraction of sp³-hybridized carbons (Fsp3) is 0.190. The van der Waals surface area contributed by atoms with Crippen molar-refractivity contribution in [3.8, 4) is 5.69 Å². The van der Waals surface area contributed by atoms with Gasteiger partial charge in [-0.2, -0.15) is 5.10 Å². The number of piperazine rings is 1. The van der Waals surface area contributed by atoms with E-state index in [9.17, 15) is 4.79 Å². The molecule has 0 radical (unpaired) electrons. The summed E-state index contributed by atoms with van der Waals surface area (Å²) in [6.45, 7) is 2.55. The Kier molecular flexibility index (Phi) is 4.76. The summed E-state index contributed by atoms with van der Waals surface area (Å²) in [4.78, 5) is 29.7. The Labute approximate surface area is 177 Å². The number of anilines is 1. The third-order valence-electron chi connectivity index (χ3n) is 5.15. The first kappa shape index (κ1) is 18.5. The highest BCUT2D eigenvalue weighted by atomic mass is 35.5. The molecule has 1 fully saturated rings. The fourth-order valence-electron chi connectivity index (χ4n) is 3.65. The molecule has 1 aliphatic rings. The number of rotatable bonds is 3. The average Bonchev–Trinajstić information content (AvgIpc) is 3.24. The van der Waals surface area contributed by atoms with Crippen LogP contribution in [0.1, 0.15) is 10.5 Å². The highest BCUT2D eigenvalue weighted by molar-refractivity contribution is 6.30. The number of fused-ring (bicyclic) bond motifs is 1. The van der Waals surface area contributed by atoms with Gasteiger partial charge in [-0.05, 0) is 30.3 Å². The minimum atomic E-state index is -0.0446. The number of hydrogen-bond acceptors (Lipinski definition) is 6. The highest BCUT2D eigenvalue weighted by Crippen LogP contribution is 2.26. The second-order valence-electron chi connectivity index (χ2n) is 6.97. The Hall–Kier alpha value is -3.52. The second-order valence-corrected chi connectivity index (χ2v) is 7.40. The summed E-state index contributed by atoms with van der Waals surface area (Å²) in [6, 6.07) is 12.9. The lowest BCUT2D eigenvalue weighted by molar-refractivity contribution is 0.0740. The summed E-state index contributed by atoms with van der Waals surface area (Å²) in [6.07, 6.45) is 4.96. The standard InChI is InChI=1S/C21H18ClN7O/c22-15-4-3-5-16(12-15)29-20-17(13-26-29)19(24-14-25-20)27-8-10-28(11-9-27)21(30)18-6-1-2-7-23-18/h1-7,12-14H,8-11H2. The van der Waals surface area contributed by atoms with Gasteiger partial charge in [-0.1, -0.05) is 23.7 Å². The van der Waals surface area contributed by atoms with Crippen molar-refractivity contribution in [1.82, 2.24) is 29.6 Å². The minimum Gasteiger partial charge on any atom is -0.352 e. The van der Waals surface area contributed by atoms with Crippen molar-refractivity contribution in [2.24, 2.45) is 0 Å². The molecule has 0 spiro atoms. The minimum absolute atomic E-state index is 0.0446. The predicted molar refractivity (Wildman–Crippen MR) is 114 cm³/mol. The van der Waals surface area contributed by atoms with Gasteiger partial charge in [0.25, 0.3) is 5.91 Å². The number of pyridine rings is 1. The van der Waals surface area contributed by atoms with Gasteiger partial charge in [0.15, 0.2) is 5.65 Å². The van der Waals surface area contributed by atoms with Gasteiger partial charge >= 0.3 is 0 Å². The topological polar surface area (TPSA) is 80.0 Å². The van der Waals surface area contributed by atoms with Crippen molar-refractivity contribution in [2.45, 2.75) is 0 Å². The smallest absolute Gasteiger partial charge is 0.272 e. The molecule has 0 aliphatic carbocycles. The zero-order valence-electron chi connectivity index (χ0n) is 16.0. The Balaban J connectivity index is 1.38. The molecule has 4 aromatic rings. The van der Waals surface area contributed by atoms with Gasteiger partial charge in [-0.25, -0.2) is 14.6 Å². The van der Waals surface area contributed by atoms with Gasteiger partial charge in [0.2, 0.25) is 0 Å². The molecule has 1 aliphatic heterocycles. The van der Waals surface area contributed by atoms with E-state index in [0.29, 0.717) is 42.5 Å². The number of hydrogen-bond donors (Lipinski definition) is 0. The lowest BCUT2D eigenvalue weighted by Crippen LogP contribution is -2.49. The summed E-state index contributed by atoms with van der Waals surface area (Å²) in [5.41, 5.74) is 2.03. The molecule has 3 aromatic heterocycles. The van der Waals surface area contributed by atoms with E-state index >= 15 is 0 Å². The van der Waals surface area contributed by atoms with E-state index in [4.69, 9.17) is 11.6 Å². The first-order valence-electron chi connectivity index (χ1n) is 9.60. The van der Waals surface area contributed by atoms with Crippen LogP contribution in [0.5, 0.6) is 0 Å². The molecule has 9 heteroatoms. The molecular formula is C21H18ClN7O. The molecule has 150 valence electrons. The van der Waals surface area contributed by atoms with Crippen LogP contribution in [-0.4, -0.2) is 61.7 Å². The summed E-state index contributed by atoms with van der Waals surface area (Å²) in [5, 5.41) is 6.00. The molecule has 0 unspecified atom stereocenters.